The second kappa shape index (κ2) is 9.96. The largest absolute Gasteiger partial charge is 0.354 e. The van der Waals surface area contributed by atoms with Gasteiger partial charge in [0.2, 0.25) is 11.8 Å². The first-order valence-electron chi connectivity index (χ1n) is 13.4. The fourth-order valence-electron chi connectivity index (χ4n) is 5.95. The molecule has 1 atom stereocenters. The highest BCUT2D eigenvalue weighted by Crippen LogP contribution is 2.50. The second-order valence-electron chi connectivity index (χ2n) is 10.6. The Morgan fingerprint density at radius 1 is 0.865 bits per heavy atom. The van der Waals surface area contributed by atoms with Crippen molar-refractivity contribution in [2.45, 2.75) is 43.4 Å². The van der Waals surface area contributed by atoms with Crippen molar-refractivity contribution in [3.8, 4) is 0 Å². The Morgan fingerprint density at radius 3 is 2.30 bits per heavy atom. The summed E-state index contributed by atoms with van der Waals surface area (Å²) in [6.07, 6.45) is 6.34. The van der Waals surface area contributed by atoms with E-state index >= 15 is 0 Å². The number of hydrogen-bond donors (Lipinski definition) is 1. The van der Waals surface area contributed by atoms with E-state index < -0.39 is 0 Å². The summed E-state index contributed by atoms with van der Waals surface area (Å²) in [4.78, 5) is 30.4. The number of piperidine rings is 1. The van der Waals surface area contributed by atoms with Gasteiger partial charge in [0, 0.05) is 38.1 Å². The molecule has 3 aromatic rings. The summed E-state index contributed by atoms with van der Waals surface area (Å²) in [6.45, 7) is 3.08. The van der Waals surface area contributed by atoms with Gasteiger partial charge in [0.25, 0.3) is 0 Å². The number of anilines is 2. The molecule has 1 saturated carbocycles. The monoisotopic (exact) mass is 495 g/mol. The Bertz CT molecular complexity index is 1240. The van der Waals surface area contributed by atoms with Crippen LogP contribution in [0.15, 0.2) is 72.9 Å². The molecule has 0 bridgehead atoms. The van der Waals surface area contributed by atoms with E-state index in [9.17, 15) is 9.59 Å². The van der Waals surface area contributed by atoms with Crippen LogP contribution in [0.1, 0.15) is 49.1 Å². The van der Waals surface area contributed by atoms with Gasteiger partial charge >= 0.3 is 0 Å². The summed E-state index contributed by atoms with van der Waals surface area (Å²) < 4.78 is 0. The first-order chi connectivity index (χ1) is 18.1. The van der Waals surface area contributed by atoms with Crippen molar-refractivity contribution in [1.29, 1.82) is 0 Å². The highest BCUT2D eigenvalue weighted by Gasteiger charge is 2.53. The third-order valence-corrected chi connectivity index (χ3v) is 8.36. The molecular formula is C30H33N5O2. The quantitative estimate of drug-likeness (QED) is 0.549. The number of benzene rings is 2. The van der Waals surface area contributed by atoms with Gasteiger partial charge in [-0.3, -0.25) is 9.59 Å². The Hall–Kier alpha value is -3.74. The zero-order valence-corrected chi connectivity index (χ0v) is 21.1. The van der Waals surface area contributed by atoms with Crippen LogP contribution in [0.5, 0.6) is 0 Å². The van der Waals surface area contributed by atoms with Gasteiger partial charge in [-0.15, -0.1) is 5.10 Å². The second-order valence-corrected chi connectivity index (χ2v) is 10.6. The molecule has 0 radical (unpaired) electrons. The van der Waals surface area contributed by atoms with Crippen LogP contribution in [0.2, 0.25) is 0 Å². The van der Waals surface area contributed by atoms with E-state index in [1.54, 1.807) is 6.20 Å². The molecule has 3 fully saturated rings. The van der Waals surface area contributed by atoms with Gasteiger partial charge in [0.05, 0.1) is 11.3 Å². The van der Waals surface area contributed by atoms with Crippen LogP contribution in [0.3, 0.4) is 0 Å². The topological polar surface area (TPSA) is 78.4 Å². The summed E-state index contributed by atoms with van der Waals surface area (Å²) in [5.41, 5.74) is 3.00. The fourth-order valence-corrected chi connectivity index (χ4v) is 5.95. The molecule has 0 spiro atoms. The molecule has 0 unspecified atom stereocenters. The molecule has 1 aliphatic carbocycles. The molecule has 3 heterocycles. The number of rotatable bonds is 6. The highest BCUT2D eigenvalue weighted by atomic mass is 16.2. The SMILES string of the molecule is O=C(Nc1ccc(C2CCN(C(=O)C3(c4ccccc4)CC3)CC2)cc1)[C@H]1CCN(c2cccnn2)C1. The Labute approximate surface area is 217 Å². The van der Waals surface area contributed by atoms with Crippen molar-refractivity contribution < 1.29 is 9.59 Å². The molecule has 6 rings (SSSR count). The smallest absolute Gasteiger partial charge is 0.233 e. The summed E-state index contributed by atoms with van der Waals surface area (Å²) in [6, 6.07) is 22.3. The van der Waals surface area contributed by atoms with E-state index in [-0.39, 0.29) is 17.2 Å². The summed E-state index contributed by atoms with van der Waals surface area (Å²) >= 11 is 0. The number of nitrogens with zero attached hydrogens (tertiary/aromatic N) is 4. The van der Waals surface area contributed by atoms with Gasteiger partial charge < -0.3 is 15.1 Å². The first kappa shape index (κ1) is 23.6. The van der Waals surface area contributed by atoms with E-state index in [0.29, 0.717) is 18.4 Å². The van der Waals surface area contributed by atoms with Crippen LogP contribution in [-0.4, -0.2) is 53.1 Å². The summed E-state index contributed by atoms with van der Waals surface area (Å²) in [5.74, 6) is 1.56. The van der Waals surface area contributed by atoms with Crippen molar-refractivity contribution in [2.75, 3.05) is 36.4 Å². The molecule has 190 valence electrons. The fraction of sp³-hybridized carbons (Fsp3) is 0.400. The van der Waals surface area contributed by atoms with Crippen LogP contribution in [-0.2, 0) is 15.0 Å². The number of carbonyl (C=O) groups excluding carboxylic acids is 2. The van der Waals surface area contributed by atoms with Crippen molar-refractivity contribution in [2.24, 2.45) is 5.92 Å². The van der Waals surface area contributed by atoms with E-state index in [1.807, 2.05) is 42.5 Å². The van der Waals surface area contributed by atoms with Crippen LogP contribution in [0.4, 0.5) is 11.5 Å². The van der Waals surface area contributed by atoms with Crippen molar-refractivity contribution in [3.05, 3.63) is 84.1 Å². The molecule has 2 saturated heterocycles. The standard InChI is InChI=1S/C30H33N5O2/c36-28(24-14-20-35(21-24)27-7-4-17-31-33-27)32-26-10-8-22(9-11-26)23-12-18-34(19-13-23)29(37)30(15-16-30)25-5-2-1-3-6-25/h1-11,17,23-24H,12-16,18-21H2,(H,32,36)/t24-/m0/s1. The van der Waals surface area contributed by atoms with Gasteiger partial charge in [-0.05, 0) is 73.4 Å². The first-order valence-corrected chi connectivity index (χ1v) is 13.4. The number of carbonyl (C=O) groups is 2. The molecular weight excluding hydrogens is 462 g/mol. The van der Waals surface area contributed by atoms with E-state index in [4.69, 9.17) is 0 Å². The van der Waals surface area contributed by atoms with Crippen molar-refractivity contribution in [1.82, 2.24) is 15.1 Å². The lowest BCUT2D eigenvalue weighted by atomic mass is 9.87. The molecule has 37 heavy (non-hydrogen) atoms. The van der Waals surface area contributed by atoms with Crippen LogP contribution in [0, 0.1) is 5.92 Å². The number of amides is 2. The third kappa shape index (κ3) is 4.82. The minimum atomic E-state index is -0.279. The lowest BCUT2D eigenvalue weighted by Gasteiger charge is -2.35. The lowest BCUT2D eigenvalue weighted by molar-refractivity contribution is -0.135. The maximum atomic E-state index is 13.4. The Morgan fingerprint density at radius 2 is 1.62 bits per heavy atom. The van der Waals surface area contributed by atoms with Crippen LogP contribution < -0.4 is 10.2 Å². The van der Waals surface area contributed by atoms with Gasteiger partial charge in [0.15, 0.2) is 5.82 Å². The van der Waals surface area contributed by atoms with E-state index in [1.165, 1.54) is 11.1 Å². The molecule has 2 aromatic carbocycles. The Kier molecular flexibility index (Phi) is 6.37. The summed E-state index contributed by atoms with van der Waals surface area (Å²) in [7, 11) is 0. The molecule has 2 amide bonds. The lowest BCUT2D eigenvalue weighted by Crippen LogP contribution is -2.43. The zero-order chi connectivity index (χ0) is 25.2. The molecule has 7 heteroatoms. The number of hydrogen-bond acceptors (Lipinski definition) is 5. The number of aromatic nitrogens is 2. The van der Waals surface area contributed by atoms with Gasteiger partial charge in [-0.2, -0.15) is 5.10 Å². The highest BCUT2D eigenvalue weighted by molar-refractivity contribution is 5.93. The van der Waals surface area contributed by atoms with Crippen molar-refractivity contribution >= 4 is 23.3 Å². The predicted molar refractivity (Wildman–Crippen MR) is 143 cm³/mol. The average Bonchev–Trinajstić information content (AvgIpc) is 3.62. The van der Waals surface area contributed by atoms with E-state index in [2.05, 4.69) is 49.6 Å². The van der Waals surface area contributed by atoms with E-state index in [0.717, 1.165) is 63.2 Å². The minimum absolute atomic E-state index is 0.0541. The van der Waals surface area contributed by atoms with Gasteiger partial charge in [-0.1, -0.05) is 42.5 Å². The van der Waals surface area contributed by atoms with Crippen LogP contribution in [0.25, 0.3) is 0 Å². The maximum Gasteiger partial charge on any atom is 0.233 e. The van der Waals surface area contributed by atoms with Crippen molar-refractivity contribution in [3.63, 3.8) is 0 Å². The van der Waals surface area contributed by atoms with Crippen LogP contribution >= 0.6 is 0 Å². The number of nitrogens with one attached hydrogen (secondary N) is 1. The summed E-state index contributed by atoms with van der Waals surface area (Å²) in [5, 5.41) is 11.2. The maximum absolute atomic E-state index is 13.4. The zero-order valence-electron chi connectivity index (χ0n) is 21.1. The average molecular weight is 496 g/mol. The predicted octanol–water partition coefficient (Wildman–Crippen LogP) is 4.38. The Balaban J connectivity index is 1.01. The molecule has 3 aliphatic rings. The third-order valence-electron chi connectivity index (χ3n) is 8.36. The molecule has 1 aromatic heterocycles. The molecule has 1 N–H and O–H groups in total. The van der Waals surface area contributed by atoms with Gasteiger partial charge in [-0.25, -0.2) is 0 Å². The molecule has 2 aliphatic heterocycles. The van der Waals surface area contributed by atoms with Gasteiger partial charge in [0.1, 0.15) is 0 Å². The normalized spacial score (nSPS) is 21.0. The molecule has 7 nitrogen and oxygen atoms in total. The number of likely N-dealkylation sites (tertiary alicyclic amines) is 1. The minimum Gasteiger partial charge on any atom is -0.354 e.